The van der Waals surface area contributed by atoms with Gasteiger partial charge >= 0.3 is 0 Å². The van der Waals surface area contributed by atoms with Crippen molar-refractivity contribution in [3.05, 3.63) is 53.1 Å². The lowest BCUT2D eigenvalue weighted by Crippen LogP contribution is -2.44. The molecule has 1 unspecified atom stereocenters. The van der Waals surface area contributed by atoms with Crippen molar-refractivity contribution >= 4 is 11.6 Å². The Morgan fingerprint density at radius 3 is 2.89 bits per heavy atom. The lowest BCUT2D eigenvalue weighted by atomic mass is 9.85. The van der Waals surface area contributed by atoms with E-state index in [1.165, 1.54) is 6.07 Å². The van der Waals surface area contributed by atoms with Crippen LogP contribution in [0.4, 0.5) is 5.69 Å². The molecule has 2 atom stereocenters. The number of hydrogen-bond donors (Lipinski definition) is 2. The molecule has 5 rings (SSSR count). The highest BCUT2D eigenvalue weighted by molar-refractivity contribution is 6.09. The van der Waals surface area contributed by atoms with Gasteiger partial charge in [0.2, 0.25) is 0 Å². The van der Waals surface area contributed by atoms with Gasteiger partial charge in [0, 0.05) is 29.4 Å². The maximum atomic E-state index is 13.4. The van der Waals surface area contributed by atoms with E-state index in [1.807, 2.05) is 12.1 Å². The molecular formula is C21H21NO6. The van der Waals surface area contributed by atoms with Crippen molar-refractivity contribution in [2.45, 2.75) is 31.2 Å². The van der Waals surface area contributed by atoms with Crippen LogP contribution in [0.1, 0.15) is 29.5 Å². The molecular weight excluding hydrogens is 362 g/mol. The highest BCUT2D eigenvalue weighted by Gasteiger charge is 2.53. The maximum Gasteiger partial charge on any atom is 0.268 e. The fraction of sp³-hybridized carbons (Fsp3) is 0.381. The van der Waals surface area contributed by atoms with Crippen molar-refractivity contribution in [1.82, 2.24) is 0 Å². The molecule has 7 heteroatoms. The minimum absolute atomic E-state index is 0.0571. The fourth-order valence-corrected chi connectivity index (χ4v) is 4.28. The molecule has 146 valence electrons. The van der Waals surface area contributed by atoms with Gasteiger partial charge in [-0.25, -0.2) is 0 Å². The zero-order chi connectivity index (χ0) is 19.3. The molecule has 0 aliphatic carbocycles. The van der Waals surface area contributed by atoms with Crippen LogP contribution >= 0.6 is 0 Å². The number of hydrogen-bond acceptors (Lipinski definition) is 6. The van der Waals surface area contributed by atoms with Crippen molar-refractivity contribution in [2.75, 3.05) is 24.8 Å². The number of rotatable bonds is 3. The van der Waals surface area contributed by atoms with Gasteiger partial charge < -0.3 is 29.3 Å². The quantitative estimate of drug-likeness (QED) is 0.843. The van der Waals surface area contributed by atoms with Gasteiger partial charge in [-0.2, -0.15) is 0 Å². The highest BCUT2D eigenvalue weighted by Crippen LogP contribution is 2.48. The van der Waals surface area contributed by atoms with Crippen LogP contribution < -0.4 is 9.64 Å². The van der Waals surface area contributed by atoms with Gasteiger partial charge in [0.1, 0.15) is 11.5 Å². The van der Waals surface area contributed by atoms with E-state index in [0.717, 1.165) is 12.8 Å². The van der Waals surface area contributed by atoms with Gasteiger partial charge in [-0.1, -0.05) is 18.2 Å². The molecule has 2 N–H and O–H groups in total. The van der Waals surface area contributed by atoms with E-state index >= 15 is 0 Å². The largest absolute Gasteiger partial charge is 0.507 e. The average Bonchev–Trinajstić information content (AvgIpc) is 3.30. The Balaban J connectivity index is 1.61. The van der Waals surface area contributed by atoms with E-state index < -0.39 is 11.5 Å². The zero-order valence-corrected chi connectivity index (χ0v) is 15.3. The van der Waals surface area contributed by atoms with Crippen LogP contribution in [0.5, 0.6) is 11.5 Å². The van der Waals surface area contributed by atoms with E-state index in [9.17, 15) is 15.0 Å². The molecule has 0 bridgehead atoms. The number of carbonyl (C=O) groups excluding carboxylic acids is 1. The summed E-state index contributed by atoms with van der Waals surface area (Å²) in [5, 5.41) is 22.3. The lowest BCUT2D eigenvalue weighted by molar-refractivity contribution is -0.132. The molecule has 0 radical (unpaired) electrons. The number of nitrogens with zero attached hydrogens (tertiary/aromatic N) is 1. The normalized spacial score (nSPS) is 26.1. The van der Waals surface area contributed by atoms with Gasteiger partial charge in [0.15, 0.2) is 12.4 Å². The molecule has 2 aromatic carbocycles. The second kappa shape index (κ2) is 6.48. The molecule has 3 aliphatic heterocycles. The number of phenols is 1. The number of ether oxygens (including phenoxy) is 3. The van der Waals surface area contributed by atoms with Crippen LogP contribution in [-0.4, -0.2) is 42.2 Å². The second-order valence-electron chi connectivity index (χ2n) is 7.37. The highest BCUT2D eigenvalue weighted by atomic mass is 16.7. The third-order valence-corrected chi connectivity index (χ3v) is 5.67. The van der Waals surface area contributed by atoms with E-state index in [-0.39, 0.29) is 30.8 Å². The number of amides is 1. The van der Waals surface area contributed by atoms with Crippen LogP contribution in [0.25, 0.3) is 0 Å². The molecule has 0 spiro atoms. The number of anilines is 1. The Morgan fingerprint density at radius 1 is 1.21 bits per heavy atom. The molecule has 2 aromatic rings. The molecule has 3 heterocycles. The Morgan fingerprint density at radius 2 is 2.07 bits per heavy atom. The van der Waals surface area contributed by atoms with E-state index in [1.54, 1.807) is 23.1 Å². The first kappa shape index (κ1) is 17.5. The van der Waals surface area contributed by atoms with Crippen molar-refractivity contribution in [1.29, 1.82) is 0 Å². The molecule has 0 aromatic heterocycles. The smallest absolute Gasteiger partial charge is 0.268 e. The number of carbonyl (C=O) groups is 1. The van der Waals surface area contributed by atoms with Gasteiger partial charge in [0.25, 0.3) is 5.91 Å². The number of fused-ring (bicyclic) bond motifs is 2. The predicted molar refractivity (Wildman–Crippen MR) is 99.2 cm³/mol. The van der Waals surface area contributed by atoms with E-state index in [0.29, 0.717) is 35.7 Å². The maximum absolute atomic E-state index is 13.4. The number of benzene rings is 2. The summed E-state index contributed by atoms with van der Waals surface area (Å²) in [6.07, 6.45) is 1.78. The second-order valence-corrected chi connectivity index (χ2v) is 7.37. The lowest BCUT2D eigenvalue weighted by Gasteiger charge is -2.27. The van der Waals surface area contributed by atoms with E-state index in [4.69, 9.17) is 14.2 Å². The van der Waals surface area contributed by atoms with Crippen LogP contribution in [0, 0.1) is 0 Å². The Hall–Kier alpha value is -2.61. The summed E-state index contributed by atoms with van der Waals surface area (Å²) >= 11 is 0. The van der Waals surface area contributed by atoms with Gasteiger partial charge in [-0.3, -0.25) is 4.79 Å². The third-order valence-electron chi connectivity index (χ3n) is 5.67. The molecule has 1 fully saturated rings. The fourth-order valence-electron chi connectivity index (χ4n) is 4.28. The third kappa shape index (κ3) is 2.51. The van der Waals surface area contributed by atoms with Crippen molar-refractivity contribution < 1.29 is 29.2 Å². The average molecular weight is 383 g/mol. The van der Waals surface area contributed by atoms with E-state index in [2.05, 4.69) is 0 Å². The molecule has 3 aliphatic rings. The van der Waals surface area contributed by atoms with Crippen LogP contribution in [0.15, 0.2) is 36.4 Å². The SMILES string of the molecule is O=C1N(C[C@H]2CCCO2)c2ccccc2C1(O)c1cc2c(cc1O)OCOC2. The van der Waals surface area contributed by atoms with Crippen LogP contribution in [-0.2, 0) is 26.5 Å². The van der Waals surface area contributed by atoms with Gasteiger partial charge in [-0.15, -0.1) is 0 Å². The molecule has 1 amide bonds. The molecule has 28 heavy (non-hydrogen) atoms. The summed E-state index contributed by atoms with van der Waals surface area (Å²) in [7, 11) is 0. The Kier molecular flexibility index (Phi) is 4.04. The van der Waals surface area contributed by atoms with Crippen LogP contribution in [0.3, 0.4) is 0 Å². The summed E-state index contributed by atoms with van der Waals surface area (Å²) in [4.78, 5) is 15.0. The summed E-state index contributed by atoms with van der Waals surface area (Å²) in [6.45, 7) is 1.45. The first-order chi connectivity index (χ1) is 13.6. The molecule has 0 saturated carbocycles. The van der Waals surface area contributed by atoms with Crippen molar-refractivity contribution in [2.24, 2.45) is 0 Å². The Bertz CT molecular complexity index is 938. The number of phenolic OH excluding ortho intramolecular Hbond substituents is 1. The topological polar surface area (TPSA) is 88.5 Å². The summed E-state index contributed by atoms with van der Waals surface area (Å²) in [5.41, 5.74) is -0.0878. The van der Waals surface area contributed by atoms with Crippen LogP contribution in [0.2, 0.25) is 0 Å². The molecule has 7 nitrogen and oxygen atoms in total. The Labute approximate surface area is 162 Å². The number of aromatic hydroxyl groups is 1. The standard InChI is InChI=1S/C21H21NO6/c23-18-9-19-13(11-26-12-28-19)8-16(18)21(25)15-5-1-2-6-17(15)22(20(21)24)10-14-4-3-7-27-14/h1-2,5-6,8-9,14,23,25H,3-4,7,10-12H2/t14-,21?/m1/s1. The summed E-state index contributed by atoms with van der Waals surface area (Å²) in [5.74, 6) is -0.187. The van der Waals surface area contributed by atoms with Crippen molar-refractivity contribution in [3.63, 3.8) is 0 Å². The predicted octanol–water partition coefficient (Wildman–Crippen LogP) is 2.02. The minimum Gasteiger partial charge on any atom is -0.507 e. The minimum atomic E-state index is -1.98. The number of para-hydroxylation sites is 1. The zero-order valence-electron chi connectivity index (χ0n) is 15.3. The molecule has 1 saturated heterocycles. The summed E-state index contributed by atoms with van der Waals surface area (Å²) < 4.78 is 16.4. The van der Waals surface area contributed by atoms with Gasteiger partial charge in [-0.05, 0) is 25.0 Å². The first-order valence-electron chi connectivity index (χ1n) is 9.41. The summed E-state index contributed by atoms with van der Waals surface area (Å²) in [6, 6.07) is 10.2. The first-order valence-corrected chi connectivity index (χ1v) is 9.41. The van der Waals surface area contributed by atoms with Gasteiger partial charge in [0.05, 0.1) is 24.9 Å². The monoisotopic (exact) mass is 383 g/mol. The van der Waals surface area contributed by atoms with Crippen molar-refractivity contribution in [3.8, 4) is 11.5 Å². The number of aliphatic hydroxyl groups is 1.